The van der Waals surface area contributed by atoms with Crippen molar-refractivity contribution in [1.82, 2.24) is 59.4 Å². The van der Waals surface area contributed by atoms with Gasteiger partial charge in [-0.15, -0.1) is 0 Å². The number of esters is 1. The van der Waals surface area contributed by atoms with E-state index in [1.54, 1.807) is 10.8 Å². The maximum atomic E-state index is 14.1. The summed E-state index contributed by atoms with van der Waals surface area (Å²) in [7, 11) is -5.60. The second kappa shape index (κ2) is 33.6. The maximum absolute atomic E-state index is 14.1. The molecule has 0 bridgehead atoms. The number of likely N-dealkylation sites (N-methyl/N-ethyl adjacent to an activating group) is 1. The first-order valence-electron chi connectivity index (χ1n) is 32.7. The predicted molar refractivity (Wildman–Crippen MR) is 365 cm³/mol. The standard InChI is InChI=1S/C66H75N13O23P2/c1-75(2)24-22-68-21-19-52(82)69-28-54(84)72-53(83)18-17-43-30-78(65(88)73-62(43)86)56-26-47(50(98-56)34-94-3)101-104(92,93)96-36-51-48(27-57(99-51)79-32-45(63(87)74-66(79)89)41-11-9-39(33-80)10-12-41)102-103(90,91)95-35-49-46(81)25-55(97-49)77-31-44(59-60(67)70-37-71-61(59)77)40-13-15-42(16-14-40)64-76(23-20-58(85)100-64)29-38-7-5-4-6-8-38/h4-16,30-33,37,46-51,55-57,64,68,81H,19-29,34-36H2,1-3H3,(H,69,82)(H,90,91)(H,92,93)(H2,67,70,71)(H,72,83,84)(H,73,86,88)(H,74,87,89)/t46-,47-,48-,49+,50+,51+,55+,56+,57+,64?/m0/s1. The molecule has 4 aliphatic rings. The molecule has 4 fully saturated rings. The van der Waals surface area contributed by atoms with Gasteiger partial charge in [0.25, 0.3) is 11.1 Å². The molecule has 10 N–H and O–H groups in total. The lowest BCUT2D eigenvalue weighted by atomic mass is 10.0. The van der Waals surface area contributed by atoms with Crippen LogP contribution in [-0.2, 0) is 76.6 Å². The van der Waals surface area contributed by atoms with Crippen molar-refractivity contribution in [3.8, 4) is 34.1 Å². The Morgan fingerprint density at radius 2 is 1.36 bits per heavy atom. The largest absolute Gasteiger partial charge is 0.472 e. The van der Waals surface area contributed by atoms with E-state index in [4.69, 9.17) is 47.5 Å². The van der Waals surface area contributed by atoms with Crippen LogP contribution in [0.1, 0.15) is 84.1 Å². The van der Waals surface area contributed by atoms with E-state index in [2.05, 4.69) is 42.3 Å². The number of carbonyl (C=O) groups is 5. The lowest BCUT2D eigenvalue weighted by Crippen LogP contribution is -2.40. The number of nitrogen functional groups attached to an aromatic ring is 1. The molecule has 104 heavy (non-hydrogen) atoms. The number of aromatic nitrogens is 7. The summed E-state index contributed by atoms with van der Waals surface area (Å²) in [5.74, 6) is 1.63. The molecule has 7 aromatic rings. The molecule has 12 atom stereocenters. The SMILES string of the molecule is COC[C@H]1O[C@@H](n2cc(C#CC(=O)NC(=O)CNC(=O)CCNCCN(C)C)c(=O)[nH]c2=O)C[C@@H]1OP(=O)(O)OC[C@H]1O[C@@H](n2cc(-c3ccc(C=O)cc3)c(=O)[nH]c2=O)C[C@@H]1OP(=O)(O)OC[C@H]1O[C@@H](n2cc(-c3ccc(C4OC(=O)CCN4Cc4ccccc4)cc3)c3c(N)ncnc32)C[C@@H]1O. The van der Waals surface area contributed by atoms with E-state index in [0.29, 0.717) is 54.6 Å². The number of aliphatic hydroxyl groups excluding tert-OH is 1. The molecule has 552 valence electrons. The Morgan fingerprint density at radius 1 is 0.750 bits per heavy atom. The number of hydrogen-bond donors (Lipinski definition) is 9. The van der Waals surface area contributed by atoms with Crippen LogP contribution in [0.2, 0.25) is 0 Å². The van der Waals surface area contributed by atoms with Gasteiger partial charge in [-0.05, 0) is 36.7 Å². The summed E-state index contributed by atoms with van der Waals surface area (Å²) in [4.78, 5) is 154. The van der Waals surface area contributed by atoms with Gasteiger partial charge < -0.3 is 64.4 Å². The number of aldehydes is 1. The summed E-state index contributed by atoms with van der Waals surface area (Å²) in [5, 5.41) is 19.3. The zero-order valence-corrected chi connectivity index (χ0v) is 58.0. The Morgan fingerprint density at radius 3 is 2.02 bits per heavy atom. The molecule has 0 saturated carbocycles. The van der Waals surface area contributed by atoms with Crippen molar-refractivity contribution in [1.29, 1.82) is 0 Å². The summed E-state index contributed by atoms with van der Waals surface area (Å²) in [6.07, 6.45) is -8.09. The number of carbonyl (C=O) groups excluding carboxylic acids is 5. The van der Waals surface area contributed by atoms with Crippen molar-refractivity contribution in [2.75, 3.05) is 79.5 Å². The minimum absolute atomic E-state index is 0.0612. The van der Waals surface area contributed by atoms with Crippen molar-refractivity contribution in [3.63, 3.8) is 0 Å². The van der Waals surface area contributed by atoms with Crippen LogP contribution in [0.3, 0.4) is 0 Å². The first kappa shape index (κ1) is 75.8. The Balaban J connectivity index is 0.759. The number of aliphatic hydroxyl groups is 1. The van der Waals surface area contributed by atoms with Gasteiger partial charge in [-0.1, -0.05) is 78.9 Å². The second-order valence-corrected chi connectivity index (χ2v) is 27.7. The summed E-state index contributed by atoms with van der Waals surface area (Å²) >= 11 is 0. The number of rotatable bonds is 29. The number of anilines is 1. The highest BCUT2D eigenvalue weighted by molar-refractivity contribution is 7.47. The fraction of sp³-hybridized carbons (Fsp3) is 0.409. The average molecular weight is 1480 g/mol. The topological polar surface area (TPSA) is 472 Å². The molecule has 38 heteroatoms. The van der Waals surface area contributed by atoms with Crippen LogP contribution in [0.15, 0.2) is 123 Å². The number of hydrogen-bond acceptors (Lipinski definition) is 27. The molecule has 4 saturated heterocycles. The second-order valence-electron chi connectivity index (χ2n) is 24.9. The summed E-state index contributed by atoms with van der Waals surface area (Å²) in [6.45, 7) is 0.135. The molecule has 8 heterocycles. The van der Waals surface area contributed by atoms with Gasteiger partial charge in [0, 0.05) is 107 Å². The Hall–Kier alpha value is -9.35. The van der Waals surface area contributed by atoms with E-state index in [-0.39, 0.29) is 54.3 Å². The Kier molecular flexibility index (Phi) is 24.5. The maximum Gasteiger partial charge on any atom is 0.472 e. The number of nitrogens with two attached hydrogens (primary N) is 1. The van der Waals surface area contributed by atoms with E-state index in [1.807, 2.05) is 83.9 Å². The van der Waals surface area contributed by atoms with Crippen molar-refractivity contribution in [2.45, 2.75) is 100 Å². The third-order valence-electron chi connectivity index (χ3n) is 17.3. The molecule has 36 nitrogen and oxygen atoms in total. The molecule has 11 rings (SSSR count). The first-order valence-corrected chi connectivity index (χ1v) is 35.7. The zero-order chi connectivity index (χ0) is 74.0. The number of phosphoric ester groups is 2. The van der Waals surface area contributed by atoms with Gasteiger partial charge in [0.1, 0.15) is 78.8 Å². The highest BCUT2D eigenvalue weighted by Crippen LogP contribution is 2.52. The molecule has 0 spiro atoms. The number of H-pyrrole nitrogens is 2. The number of ether oxygens (including phenoxy) is 5. The summed E-state index contributed by atoms with van der Waals surface area (Å²) in [6, 6.07) is 22.9. The number of amides is 3. The summed E-state index contributed by atoms with van der Waals surface area (Å²) < 4.78 is 83.4. The number of nitrogens with zero attached hydrogens (tertiary/aromatic N) is 7. The monoisotopic (exact) mass is 1480 g/mol. The van der Waals surface area contributed by atoms with Gasteiger partial charge >= 0.3 is 38.9 Å². The molecule has 3 aromatic carbocycles. The normalized spacial score (nSPS) is 23.0. The van der Waals surface area contributed by atoms with Crippen molar-refractivity contribution in [2.24, 2.45) is 0 Å². The molecular formula is C66H75N13O23P2. The van der Waals surface area contributed by atoms with Gasteiger partial charge in [-0.25, -0.2) is 28.7 Å². The van der Waals surface area contributed by atoms with Crippen molar-refractivity contribution in [3.05, 3.63) is 168 Å². The van der Waals surface area contributed by atoms with Gasteiger partial charge in [-0.3, -0.25) is 81.0 Å². The van der Waals surface area contributed by atoms with Gasteiger partial charge in [0.05, 0.1) is 49.8 Å². The fourth-order valence-electron chi connectivity index (χ4n) is 12.1. The molecular weight excluding hydrogens is 1400 g/mol. The van der Waals surface area contributed by atoms with Crippen molar-refractivity contribution < 1.29 is 89.8 Å². The van der Waals surface area contributed by atoms with Gasteiger partial charge in [-0.2, -0.15) is 0 Å². The smallest absolute Gasteiger partial charge is 0.442 e. The van der Waals surface area contributed by atoms with Crippen LogP contribution in [-0.4, -0.2) is 199 Å². The number of cyclic esters (lactones) is 1. The fourth-order valence-corrected chi connectivity index (χ4v) is 14.0. The predicted octanol–water partition coefficient (Wildman–Crippen LogP) is 1.23. The Bertz CT molecular complexity index is 4710. The number of methoxy groups -OCH3 is 1. The van der Waals surface area contributed by atoms with E-state index >= 15 is 0 Å². The number of fused-ring (bicyclic) bond motifs is 1. The zero-order valence-electron chi connectivity index (χ0n) is 56.2. The van der Waals surface area contributed by atoms with Crippen LogP contribution in [0.25, 0.3) is 33.3 Å². The molecule has 3 unspecified atom stereocenters. The lowest BCUT2D eigenvalue weighted by molar-refractivity contribution is -0.171. The van der Waals surface area contributed by atoms with E-state index in [1.165, 1.54) is 37.7 Å². The number of nitrogens with one attached hydrogen (secondary N) is 5. The van der Waals surface area contributed by atoms with E-state index in [9.17, 15) is 67.2 Å². The van der Waals surface area contributed by atoms with Crippen LogP contribution in [0.5, 0.6) is 0 Å². The van der Waals surface area contributed by atoms with Crippen LogP contribution < -0.4 is 44.2 Å². The minimum Gasteiger partial charge on any atom is -0.442 e. The highest BCUT2D eigenvalue weighted by Gasteiger charge is 2.47. The number of phosphoric acid groups is 2. The van der Waals surface area contributed by atoms with Gasteiger partial charge in [0.15, 0.2) is 6.23 Å². The van der Waals surface area contributed by atoms with Crippen LogP contribution in [0, 0.1) is 11.8 Å². The third-order valence-corrected chi connectivity index (χ3v) is 19.3. The van der Waals surface area contributed by atoms with Crippen molar-refractivity contribution >= 4 is 62.5 Å². The molecule has 4 aromatic heterocycles. The van der Waals surface area contributed by atoms with Gasteiger partial charge in [0.2, 0.25) is 11.8 Å². The number of imide groups is 1. The molecule has 3 amide bonds. The molecule has 4 aliphatic heterocycles. The van der Waals surface area contributed by atoms with E-state index in [0.717, 1.165) is 39.2 Å². The Labute approximate surface area is 590 Å². The first-order chi connectivity index (χ1) is 49.8. The molecule has 0 radical (unpaired) electrons. The number of benzene rings is 3. The summed E-state index contributed by atoms with van der Waals surface area (Å²) in [5.41, 5.74) is 5.92. The third kappa shape index (κ3) is 19.0. The number of aromatic amines is 2. The van der Waals surface area contributed by atoms with Crippen LogP contribution in [0.4, 0.5) is 5.82 Å². The van der Waals surface area contributed by atoms with Crippen LogP contribution >= 0.6 is 15.6 Å². The quantitative estimate of drug-likeness (QED) is 0.0105. The highest BCUT2D eigenvalue weighted by atomic mass is 31.2. The average Bonchev–Trinajstić information content (AvgIpc) is 1.60. The lowest BCUT2D eigenvalue weighted by Gasteiger charge is -2.35. The minimum atomic E-state index is -5.34. The van der Waals surface area contributed by atoms with E-state index < -0.39 is 156 Å². The molecule has 0 aliphatic carbocycles.